The average molecular weight is 398 g/mol. The van der Waals surface area contributed by atoms with Crippen molar-refractivity contribution in [3.05, 3.63) is 47.3 Å². The van der Waals surface area contributed by atoms with E-state index >= 15 is 0 Å². The van der Waals surface area contributed by atoms with Gasteiger partial charge in [-0.2, -0.15) is 5.10 Å². The Hall–Kier alpha value is -3.16. The summed E-state index contributed by atoms with van der Waals surface area (Å²) in [5.74, 6) is -1.23. The van der Waals surface area contributed by atoms with Crippen LogP contribution in [0.4, 0.5) is 5.69 Å². The van der Waals surface area contributed by atoms with Crippen LogP contribution in [0.25, 0.3) is 0 Å². The molecule has 0 aliphatic heterocycles. The van der Waals surface area contributed by atoms with Crippen LogP contribution in [0.5, 0.6) is 0 Å². The van der Waals surface area contributed by atoms with E-state index in [9.17, 15) is 14.4 Å². The number of aromatic nitrogens is 2. The molecule has 1 aromatic heterocycles. The number of amides is 2. The average Bonchev–Trinajstić information content (AvgIpc) is 3.44. The minimum atomic E-state index is -1.08. The van der Waals surface area contributed by atoms with Crippen LogP contribution in [0.3, 0.4) is 0 Å². The Kier molecular flexibility index (Phi) is 6.31. The fraction of sp³-hybridized carbons (Fsp3) is 0.429. The van der Waals surface area contributed by atoms with Gasteiger partial charge in [0, 0.05) is 17.6 Å². The van der Waals surface area contributed by atoms with Crippen LogP contribution < -0.4 is 10.6 Å². The smallest absolute Gasteiger partial charge is 0.322 e. The lowest BCUT2D eigenvalue weighted by Gasteiger charge is -2.14. The molecule has 2 aromatic rings. The van der Waals surface area contributed by atoms with Gasteiger partial charge in [0.05, 0.1) is 23.9 Å². The maximum Gasteiger partial charge on any atom is 0.322 e. The van der Waals surface area contributed by atoms with Crippen molar-refractivity contribution in [2.75, 3.05) is 11.9 Å². The first-order valence-electron chi connectivity index (χ1n) is 9.85. The topological polar surface area (TPSA) is 113 Å². The van der Waals surface area contributed by atoms with E-state index in [4.69, 9.17) is 5.11 Å². The molecule has 8 nitrogen and oxygen atoms in total. The molecule has 1 saturated carbocycles. The Bertz CT molecular complexity index is 900. The first-order chi connectivity index (χ1) is 13.9. The van der Waals surface area contributed by atoms with Crippen LogP contribution in [0, 0.1) is 0 Å². The van der Waals surface area contributed by atoms with E-state index in [1.165, 1.54) is 0 Å². The van der Waals surface area contributed by atoms with Crippen molar-refractivity contribution in [2.24, 2.45) is 0 Å². The van der Waals surface area contributed by atoms with Crippen LogP contribution in [0.1, 0.15) is 66.7 Å². The molecule has 0 saturated heterocycles. The van der Waals surface area contributed by atoms with Crippen LogP contribution in [0.2, 0.25) is 0 Å². The van der Waals surface area contributed by atoms with Gasteiger partial charge in [-0.1, -0.05) is 19.1 Å². The molecule has 1 heterocycles. The molecule has 0 radical (unpaired) electrons. The number of hydrogen-bond donors (Lipinski definition) is 3. The van der Waals surface area contributed by atoms with Gasteiger partial charge in [-0.15, -0.1) is 0 Å². The Labute approximate surface area is 169 Å². The molecule has 29 heavy (non-hydrogen) atoms. The minimum Gasteiger partial charge on any atom is -0.480 e. The summed E-state index contributed by atoms with van der Waals surface area (Å²) in [6, 6.07) is 7.18. The number of benzene rings is 1. The SMILES string of the molecule is CCC(C)n1ncc(C(=O)Nc2ccc(CC(=O)NCC(=O)O)cc2)c1C1CC1. The number of hydrogen-bond acceptors (Lipinski definition) is 4. The Morgan fingerprint density at radius 3 is 2.52 bits per heavy atom. The Morgan fingerprint density at radius 1 is 1.24 bits per heavy atom. The van der Waals surface area contributed by atoms with Gasteiger partial charge in [-0.25, -0.2) is 0 Å². The van der Waals surface area contributed by atoms with Gasteiger partial charge in [0.1, 0.15) is 6.54 Å². The second kappa shape index (κ2) is 8.89. The van der Waals surface area contributed by atoms with Crippen molar-refractivity contribution in [1.82, 2.24) is 15.1 Å². The van der Waals surface area contributed by atoms with Crippen molar-refractivity contribution in [1.29, 1.82) is 0 Å². The summed E-state index contributed by atoms with van der Waals surface area (Å²) in [5.41, 5.74) is 2.99. The fourth-order valence-electron chi connectivity index (χ4n) is 3.16. The molecular formula is C21H26N4O4. The van der Waals surface area contributed by atoms with Gasteiger partial charge in [-0.05, 0) is 43.9 Å². The summed E-state index contributed by atoms with van der Waals surface area (Å²) >= 11 is 0. The van der Waals surface area contributed by atoms with Gasteiger partial charge in [0.25, 0.3) is 5.91 Å². The molecule has 3 N–H and O–H groups in total. The summed E-state index contributed by atoms with van der Waals surface area (Å²) in [4.78, 5) is 35.0. The third-order valence-electron chi connectivity index (χ3n) is 5.06. The van der Waals surface area contributed by atoms with E-state index in [2.05, 4.69) is 29.6 Å². The Morgan fingerprint density at radius 2 is 1.93 bits per heavy atom. The highest BCUT2D eigenvalue weighted by Crippen LogP contribution is 2.42. The van der Waals surface area contributed by atoms with E-state index in [-0.39, 0.29) is 24.3 Å². The number of nitrogens with one attached hydrogen (secondary N) is 2. The molecule has 154 valence electrons. The first kappa shape index (κ1) is 20.6. The highest BCUT2D eigenvalue weighted by atomic mass is 16.4. The molecular weight excluding hydrogens is 372 g/mol. The summed E-state index contributed by atoms with van der Waals surface area (Å²) < 4.78 is 1.98. The van der Waals surface area contributed by atoms with Gasteiger partial charge in [0.15, 0.2) is 0 Å². The van der Waals surface area contributed by atoms with E-state index in [0.717, 1.165) is 30.5 Å². The number of rotatable bonds is 9. The number of anilines is 1. The second-order valence-corrected chi connectivity index (χ2v) is 7.42. The lowest BCUT2D eigenvalue weighted by molar-refractivity contribution is -0.137. The van der Waals surface area contributed by atoms with Crippen molar-refractivity contribution in [3.8, 4) is 0 Å². The predicted molar refractivity (Wildman–Crippen MR) is 108 cm³/mol. The lowest BCUT2D eigenvalue weighted by Crippen LogP contribution is -2.30. The molecule has 0 bridgehead atoms. The van der Waals surface area contributed by atoms with Gasteiger partial charge in [-0.3, -0.25) is 19.1 Å². The summed E-state index contributed by atoms with van der Waals surface area (Å²) in [7, 11) is 0. The summed E-state index contributed by atoms with van der Waals surface area (Å²) in [6.07, 6.45) is 4.84. The van der Waals surface area contributed by atoms with Crippen LogP contribution in [0.15, 0.2) is 30.5 Å². The van der Waals surface area contributed by atoms with E-state index < -0.39 is 12.5 Å². The molecule has 1 aliphatic rings. The second-order valence-electron chi connectivity index (χ2n) is 7.42. The van der Waals surface area contributed by atoms with Crippen LogP contribution in [-0.2, 0) is 16.0 Å². The summed E-state index contributed by atoms with van der Waals surface area (Å²) in [6.45, 7) is 3.80. The third kappa shape index (κ3) is 5.22. The van der Waals surface area contributed by atoms with E-state index in [0.29, 0.717) is 17.2 Å². The highest BCUT2D eigenvalue weighted by Gasteiger charge is 2.33. The number of carbonyl (C=O) groups excluding carboxylic acids is 2. The number of aliphatic carboxylic acids is 1. The number of carboxylic acids is 1. The van der Waals surface area contributed by atoms with Gasteiger partial charge >= 0.3 is 5.97 Å². The Balaban J connectivity index is 1.65. The molecule has 1 aliphatic carbocycles. The normalized spacial score (nSPS) is 14.3. The van der Waals surface area contributed by atoms with E-state index in [1.807, 2.05) is 4.68 Å². The number of carbonyl (C=O) groups is 3. The molecule has 1 atom stereocenters. The third-order valence-corrected chi connectivity index (χ3v) is 5.06. The molecule has 8 heteroatoms. The lowest BCUT2D eigenvalue weighted by atomic mass is 10.1. The molecule has 1 fully saturated rings. The minimum absolute atomic E-state index is 0.0784. The zero-order valence-electron chi connectivity index (χ0n) is 16.6. The quantitative estimate of drug-likeness (QED) is 0.601. The zero-order chi connectivity index (χ0) is 21.0. The molecule has 1 unspecified atom stereocenters. The predicted octanol–water partition coefficient (Wildman–Crippen LogP) is 2.73. The fourth-order valence-corrected chi connectivity index (χ4v) is 3.16. The van der Waals surface area contributed by atoms with Crippen molar-refractivity contribution in [2.45, 2.75) is 51.5 Å². The number of carboxylic acid groups (broad SMARTS) is 1. The number of nitrogens with zero attached hydrogens (tertiary/aromatic N) is 2. The molecule has 0 spiro atoms. The van der Waals surface area contributed by atoms with Gasteiger partial charge in [0.2, 0.25) is 5.91 Å². The maximum atomic E-state index is 12.8. The maximum absolute atomic E-state index is 12.8. The van der Waals surface area contributed by atoms with Crippen LogP contribution in [-0.4, -0.2) is 39.2 Å². The van der Waals surface area contributed by atoms with Crippen molar-refractivity contribution in [3.63, 3.8) is 0 Å². The molecule has 3 rings (SSSR count). The monoisotopic (exact) mass is 398 g/mol. The molecule has 1 aromatic carbocycles. The van der Waals surface area contributed by atoms with Gasteiger partial charge < -0.3 is 15.7 Å². The first-order valence-corrected chi connectivity index (χ1v) is 9.85. The largest absolute Gasteiger partial charge is 0.480 e. The van der Waals surface area contributed by atoms with Crippen LogP contribution >= 0.6 is 0 Å². The summed E-state index contributed by atoms with van der Waals surface area (Å²) in [5, 5.41) is 18.3. The molecule has 2 amide bonds. The van der Waals surface area contributed by atoms with Crippen molar-refractivity contribution < 1.29 is 19.5 Å². The highest BCUT2D eigenvalue weighted by molar-refractivity contribution is 6.05. The van der Waals surface area contributed by atoms with Crippen molar-refractivity contribution >= 4 is 23.5 Å². The van der Waals surface area contributed by atoms with E-state index in [1.54, 1.807) is 30.5 Å². The standard InChI is InChI=1S/C21H26N4O4/c1-3-13(2)25-20(15-6-7-15)17(11-23-25)21(29)24-16-8-4-14(5-9-16)10-18(26)22-12-19(27)28/h4-5,8-9,11,13,15H,3,6-7,10,12H2,1-2H3,(H,22,26)(H,24,29)(H,27,28). The zero-order valence-corrected chi connectivity index (χ0v) is 16.6.